The van der Waals surface area contributed by atoms with E-state index < -0.39 is 17.4 Å². The van der Waals surface area contributed by atoms with Crippen LogP contribution in [0.1, 0.15) is 29.9 Å². The number of rotatable bonds is 7. The van der Waals surface area contributed by atoms with E-state index in [1.54, 1.807) is 12.3 Å². The molecule has 0 unspecified atom stereocenters. The fourth-order valence-corrected chi connectivity index (χ4v) is 2.79. The van der Waals surface area contributed by atoms with E-state index in [1.807, 2.05) is 48.5 Å². The Morgan fingerprint density at radius 2 is 1.82 bits per heavy atom. The van der Waals surface area contributed by atoms with Crippen molar-refractivity contribution in [2.75, 3.05) is 6.61 Å². The molecular weight excluding hydrogens is 356 g/mol. The molecule has 0 atom stereocenters. The highest BCUT2D eigenvalue weighted by atomic mass is 16.5. The molecule has 6 nitrogen and oxygen atoms in total. The standard InChI is InChI=1S/C22H22N2O4/c1-22(2,21(26)27)24-20(25)18-11-10-15-7-3-4-9-17(15)19(18)28-14-12-16-8-5-6-13-23-16/h3-11,13H,12,14H2,1-2H3,(H,24,25)(H,26,27). The summed E-state index contributed by atoms with van der Waals surface area (Å²) in [4.78, 5) is 28.4. The van der Waals surface area contributed by atoms with E-state index in [9.17, 15) is 14.7 Å². The number of pyridine rings is 1. The summed E-state index contributed by atoms with van der Waals surface area (Å²) in [6.45, 7) is 3.22. The first kappa shape index (κ1) is 19.4. The van der Waals surface area contributed by atoms with E-state index in [1.165, 1.54) is 13.8 Å². The zero-order valence-corrected chi connectivity index (χ0v) is 15.8. The van der Waals surface area contributed by atoms with Crippen molar-refractivity contribution in [1.29, 1.82) is 0 Å². The number of aliphatic carboxylic acids is 1. The number of hydrogen-bond acceptors (Lipinski definition) is 4. The molecule has 0 bridgehead atoms. The number of nitrogens with one attached hydrogen (secondary N) is 1. The van der Waals surface area contributed by atoms with Crippen molar-refractivity contribution < 1.29 is 19.4 Å². The maximum Gasteiger partial charge on any atom is 0.328 e. The number of carboxylic acids is 1. The lowest BCUT2D eigenvalue weighted by Gasteiger charge is -2.22. The average Bonchev–Trinajstić information content (AvgIpc) is 2.68. The number of carbonyl (C=O) groups is 2. The summed E-state index contributed by atoms with van der Waals surface area (Å²) in [5.41, 5.74) is -0.205. The first-order chi connectivity index (χ1) is 13.4. The lowest BCUT2D eigenvalue weighted by Crippen LogP contribution is -2.49. The zero-order valence-electron chi connectivity index (χ0n) is 15.8. The Kier molecular flexibility index (Phi) is 5.59. The van der Waals surface area contributed by atoms with Crippen LogP contribution in [0.5, 0.6) is 5.75 Å². The van der Waals surface area contributed by atoms with Gasteiger partial charge in [0.25, 0.3) is 5.91 Å². The summed E-state index contributed by atoms with van der Waals surface area (Å²) in [7, 11) is 0. The van der Waals surface area contributed by atoms with Gasteiger partial charge >= 0.3 is 5.97 Å². The Hall–Kier alpha value is -3.41. The molecule has 3 aromatic rings. The second-order valence-corrected chi connectivity index (χ2v) is 6.97. The molecule has 0 aliphatic rings. The molecular formula is C22H22N2O4. The predicted molar refractivity (Wildman–Crippen MR) is 107 cm³/mol. The van der Waals surface area contributed by atoms with Crippen LogP contribution in [0.3, 0.4) is 0 Å². The molecule has 3 rings (SSSR count). The van der Waals surface area contributed by atoms with Crippen molar-refractivity contribution in [3.63, 3.8) is 0 Å². The van der Waals surface area contributed by atoms with Crippen LogP contribution in [-0.2, 0) is 11.2 Å². The number of carbonyl (C=O) groups excluding carboxylic acids is 1. The molecule has 144 valence electrons. The molecule has 0 fully saturated rings. The van der Waals surface area contributed by atoms with Crippen LogP contribution in [-0.4, -0.2) is 34.1 Å². The second kappa shape index (κ2) is 8.08. The molecule has 6 heteroatoms. The van der Waals surface area contributed by atoms with Crippen molar-refractivity contribution in [3.8, 4) is 5.75 Å². The Balaban J connectivity index is 1.90. The number of nitrogens with zero attached hydrogens (tertiary/aromatic N) is 1. The number of aromatic nitrogens is 1. The monoisotopic (exact) mass is 378 g/mol. The molecule has 2 N–H and O–H groups in total. The molecule has 1 amide bonds. The Bertz CT molecular complexity index is 1000. The van der Waals surface area contributed by atoms with Crippen molar-refractivity contribution in [1.82, 2.24) is 10.3 Å². The molecule has 28 heavy (non-hydrogen) atoms. The largest absolute Gasteiger partial charge is 0.492 e. The maximum absolute atomic E-state index is 12.8. The number of hydrogen-bond donors (Lipinski definition) is 2. The Morgan fingerprint density at radius 3 is 2.54 bits per heavy atom. The minimum Gasteiger partial charge on any atom is -0.492 e. The van der Waals surface area contributed by atoms with Gasteiger partial charge in [-0.2, -0.15) is 0 Å². The van der Waals surface area contributed by atoms with Crippen LogP contribution in [0.2, 0.25) is 0 Å². The summed E-state index contributed by atoms with van der Waals surface area (Å²) >= 11 is 0. The van der Waals surface area contributed by atoms with Crippen LogP contribution in [0.4, 0.5) is 0 Å². The SMILES string of the molecule is CC(C)(NC(=O)c1ccc2ccccc2c1OCCc1ccccn1)C(=O)O. The van der Waals surface area contributed by atoms with E-state index in [0.29, 0.717) is 24.3 Å². The van der Waals surface area contributed by atoms with Crippen molar-refractivity contribution >= 4 is 22.6 Å². The average molecular weight is 378 g/mol. The van der Waals surface area contributed by atoms with Crippen LogP contribution in [0, 0.1) is 0 Å². The van der Waals surface area contributed by atoms with Crippen LogP contribution >= 0.6 is 0 Å². The molecule has 1 heterocycles. The molecule has 0 saturated carbocycles. The summed E-state index contributed by atoms with van der Waals surface area (Å²) in [6, 6.07) is 16.7. The van der Waals surface area contributed by atoms with Crippen LogP contribution < -0.4 is 10.1 Å². The lowest BCUT2D eigenvalue weighted by molar-refractivity contribution is -0.143. The van der Waals surface area contributed by atoms with Crippen LogP contribution in [0.15, 0.2) is 60.8 Å². The Labute approximate surface area is 163 Å². The van der Waals surface area contributed by atoms with Gasteiger partial charge in [-0.1, -0.05) is 36.4 Å². The van der Waals surface area contributed by atoms with Gasteiger partial charge in [-0.3, -0.25) is 9.78 Å². The fourth-order valence-electron chi connectivity index (χ4n) is 2.79. The molecule has 2 aromatic carbocycles. The number of benzene rings is 2. The van der Waals surface area contributed by atoms with Gasteiger partial charge in [0.2, 0.25) is 0 Å². The van der Waals surface area contributed by atoms with Crippen molar-refractivity contribution in [2.24, 2.45) is 0 Å². The second-order valence-electron chi connectivity index (χ2n) is 6.97. The summed E-state index contributed by atoms with van der Waals surface area (Å²) in [6.07, 6.45) is 2.31. The normalized spacial score (nSPS) is 11.2. The van der Waals surface area contributed by atoms with E-state index in [0.717, 1.165) is 16.5 Å². The number of amides is 1. The number of carboxylic acid groups (broad SMARTS) is 1. The van der Waals surface area contributed by atoms with Gasteiger partial charge in [-0.05, 0) is 37.4 Å². The third-order valence-corrected chi connectivity index (χ3v) is 4.42. The van der Waals surface area contributed by atoms with Gasteiger partial charge in [0.05, 0.1) is 12.2 Å². The van der Waals surface area contributed by atoms with Gasteiger partial charge in [-0.25, -0.2) is 4.79 Å². The quantitative estimate of drug-likeness (QED) is 0.657. The van der Waals surface area contributed by atoms with Crippen LogP contribution in [0.25, 0.3) is 10.8 Å². The first-order valence-corrected chi connectivity index (χ1v) is 8.99. The smallest absolute Gasteiger partial charge is 0.328 e. The highest BCUT2D eigenvalue weighted by Crippen LogP contribution is 2.30. The molecule has 0 aliphatic carbocycles. The van der Waals surface area contributed by atoms with Gasteiger partial charge in [0.15, 0.2) is 0 Å². The lowest BCUT2D eigenvalue weighted by atomic mass is 10.0. The third kappa shape index (κ3) is 4.28. The van der Waals surface area contributed by atoms with Crippen molar-refractivity contribution in [2.45, 2.75) is 25.8 Å². The minimum absolute atomic E-state index is 0.300. The molecule has 0 aliphatic heterocycles. The third-order valence-electron chi connectivity index (χ3n) is 4.42. The summed E-state index contributed by atoms with van der Waals surface area (Å²) in [5, 5.41) is 13.6. The highest BCUT2D eigenvalue weighted by Gasteiger charge is 2.30. The predicted octanol–water partition coefficient (Wildman–Crippen LogP) is 3.45. The highest BCUT2D eigenvalue weighted by molar-refractivity contribution is 6.05. The number of fused-ring (bicyclic) bond motifs is 1. The topological polar surface area (TPSA) is 88.5 Å². The molecule has 0 radical (unpaired) electrons. The summed E-state index contributed by atoms with van der Waals surface area (Å²) in [5.74, 6) is -1.17. The molecule has 1 aromatic heterocycles. The molecule has 0 spiro atoms. The number of ether oxygens (including phenoxy) is 1. The van der Waals surface area contributed by atoms with Gasteiger partial charge < -0.3 is 15.2 Å². The van der Waals surface area contributed by atoms with Crippen molar-refractivity contribution in [3.05, 3.63) is 72.1 Å². The first-order valence-electron chi connectivity index (χ1n) is 8.99. The Morgan fingerprint density at radius 1 is 1.07 bits per heavy atom. The van der Waals surface area contributed by atoms with Gasteiger partial charge in [0.1, 0.15) is 11.3 Å². The fraction of sp³-hybridized carbons (Fsp3) is 0.227. The van der Waals surface area contributed by atoms with E-state index in [-0.39, 0.29) is 0 Å². The van der Waals surface area contributed by atoms with E-state index >= 15 is 0 Å². The zero-order chi connectivity index (χ0) is 20.1. The van der Waals surface area contributed by atoms with E-state index in [2.05, 4.69) is 10.3 Å². The minimum atomic E-state index is -1.39. The van der Waals surface area contributed by atoms with Gasteiger partial charge in [0, 0.05) is 23.7 Å². The van der Waals surface area contributed by atoms with Gasteiger partial charge in [-0.15, -0.1) is 0 Å². The van der Waals surface area contributed by atoms with E-state index in [4.69, 9.17) is 4.74 Å². The summed E-state index contributed by atoms with van der Waals surface area (Å²) < 4.78 is 6.00. The molecule has 0 saturated heterocycles. The maximum atomic E-state index is 12.8.